The van der Waals surface area contributed by atoms with Gasteiger partial charge in [0.25, 0.3) is 0 Å². The Balaban J connectivity index is 2.33. The van der Waals surface area contributed by atoms with Crippen molar-refractivity contribution in [3.05, 3.63) is 0 Å². The van der Waals surface area contributed by atoms with E-state index in [1.807, 2.05) is 13.8 Å². The van der Waals surface area contributed by atoms with Gasteiger partial charge in [-0.3, -0.25) is 4.79 Å². The number of hydrogen-bond acceptors (Lipinski definition) is 2. The first-order valence-electron chi connectivity index (χ1n) is 5.55. The summed E-state index contributed by atoms with van der Waals surface area (Å²) in [6, 6.07) is 0.372. The first-order valence-corrected chi connectivity index (χ1v) is 5.55. The summed E-state index contributed by atoms with van der Waals surface area (Å²) in [7, 11) is 0. The second-order valence-corrected chi connectivity index (χ2v) is 4.91. The lowest BCUT2D eigenvalue weighted by Crippen LogP contribution is -2.56. The van der Waals surface area contributed by atoms with Crippen molar-refractivity contribution in [2.24, 2.45) is 11.7 Å². The summed E-state index contributed by atoms with van der Waals surface area (Å²) in [6.07, 6.45) is 3.91. The summed E-state index contributed by atoms with van der Waals surface area (Å²) in [5.41, 5.74) is 5.23. The van der Waals surface area contributed by atoms with Crippen LogP contribution in [-0.2, 0) is 4.79 Å². The predicted octanol–water partition coefficient (Wildman–Crippen LogP) is 1.42. The molecule has 1 saturated carbocycles. The van der Waals surface area contributed by atoms with Gasteiger partial charge in [-0.05, 0) is 32.1 Å². The van der Waals surface area contributed by atoms with E-state index in [1.54, 1.807) is 0 Å². The number of rotatable bonds is 4. The number of carbonyl (C=O) groups excluding carboxylic acids is 1. The van der Waals surface area contributed by atoms with Crippen molar-refractivity contribution in [3.8, 4) is 0 Å². The molecule has 14 heavy (non-hydrogen) atoms. The Morgan fingerprint density at radius 3 is 2.57 bits per heavy atom. The van der Waals surface area contributed by atoms with E-state index in [0.29, 0.717) is 6.04 Å². The van der Waals surface area contributed by atoms with Crippen LogP contribution in [0.2, 0.25) is 0 Å². The van der Waals surface area contributed by atoms with Gasteiger partial charge in [-0.25, -0.2) is 0 Å². The van der Waals surface area contributed by atoms with Gasteiger partial charge in [-0.1, -0.05) is 20.3 Å². The Labute approximate surface area is 86.4 Å². The molecule has 1 aliphatic rings. The smallest absolute Gasteiger partial charge is 0.240 e. The fourth-order valence-corrected chi connectivity index (χ4v) is 2.00. The number of amides is 1. The first-order chi connectivity index (χ1) is 6.45. The molecule has 0 saturated heterocycles. The molecular formula is C11H22N2O. The van der Waals surface area contributed by atoms with Crippen LogP contribution in [0.15, 0.2) is 0 Å². The van der Waals surface area contributed by atoms with Crippen molar-refractivity contribution in [2.75, 3.05) is 0 Å². The maximum Gasteiger partial charge on any atom is 0.240 e. The van der Waals surface area contributed by atoms with Gasteiger partial charge in [0.2, 0.25) is 5.91 Å². The van der Waals surface area contributed by atoms with E-state index in [-0.39, 0.29) is 5.91 Å². The van der Waals surface area contributed by atoms with Crippen molar-refractivity contribution in [2.45, 2.75) is 58.0 Å². The van der Waals surface area contributed by atoms with E-state index in [1.165, 1.54) is 0 Å². The molecule has 1 aliphatic carbocycles. The molecule has 0 heterocycles. The lowest BCUT2D eigenvalue weighted by atomic mass is 9.81. The van der Waals surface area contributed by atoms with Gasteiger partial charge in [0.05, 0.1) is 5.54 Å². The van der Waals surface area contributed by atoms with Crippen molar-refractivity contribution in [1.29, 1.82) is 0 Å². The lowest BCUT2D eigenvalue weighted by Gasteiger charge is -2.35. The van der Waals surface area contributed by atoms with Gasteiger partial charge in [-0.2, -0.15) is 0 Å². The third kappa shape index (κ3) is 2.71. The van der Waals surface area contributed by atoms with E-state index in [0.717, 1.165) is 31.6 Å². The van der Waals surface area contributed by atoms with Crippen molar-refractivity contribution < 1.29 is 4.79 Å². The van der Waals surface area contributed by atoms with Crippen LogP contribution in [0.1, 0.15) is 46.5 Å². The number of hydrogen-bond donors (Lipinski definition) is 2. The molecule has 0 aromatic carbocycles. The van der Waals surface area contributed by atoms with Crippen LogP contribution in [0.3, 0.4) is 0 Å². The zero-order valence-corrected chi connectivity index (χ0v) is 9.47. The monoisotopic (exact) mass is 198 g/mol. The van der Waals surface area contributed by atoms with Crippen LogP contribution in [0, 0.1) is 5.92 Å². The van der Waals surface area contributed by atoms with E-state index in [4.69, 9.17) is 5.73 Å². The zero-order chi connectivity index (χ0) is 10.8. The molecule has 3 heteroatoms. The normalized spacial score (nSPS) is 30.3. The minimum absolute atomic E-state index is 0.0104. The molecule has 1 atom stereocenters. The summed E-state index contributed by atoms with van der Waals surface area (Å²) in [4.78, 5) is 11.7. The fraction of sp³-hybridized carbons (Fsp3) is 0.909. The second-order valence-electron chi connectivity index (χ2n) is 4.91. The van der Waals surface area contributed by atoms with Crippen molar-refractivity contribution in [3.63, 3.8) is 0 Å². The molecule has 1 unspecified atom stereocenters. The van der Waals surface area contributed by atoms with E-state index >= 15 is 0 Å². The molecule has 1 amide bonds. The molecule has 0 aliphatic heterocycles. The molecule has 0 radical (unpaired) electrons. The van der Waals surface area contributed by atoms with Gasteiger partial charge in [0.1, 0.15) is 0 Å². The SMILES string of the molecule is CCCC(C)(N)C(=O)NC1CC(C)C1. The molecule has 82 valence electrons. The molecule has 3 N–H and O–H groups in total. The Hall–Kier alpha value is -0.570. The predicted molar refractivity (Wildman–Crippen MR) is 57.8 cm³/mol. The summed E-state index contributed by atoms with van der Waals surface area (Å²) < 4.78 is 0. The first kappa shape index (κ1) is 11.5. The molecule has 1 rings (SSSR count). The number of nitrogens with one attached hydrogen (secondary N) is 1. The van der Waals surface area contributed by atoms with Crippen molar-refractivity contribution >= 4 is 5.91 Å². The van der Waals surface area contributed by atoms with Crippen LogP contribution in [0.25, 0.3) is 0 Å². The molecular weight excluding hydrogens is 176 g/mol. The van der Waals surface area contributed by atoms with Gasteiger partial charge < -0.3 is 11.1 Å². The quantitative estimate of drug-likeness (QED) is 0.717. The minimum Gasteiger partial charge on any atom is -0.352 e. The van der Waals surface area contributed by atoms with Gasteiger partial charge in [0, 0.05) is 6.04 Å². The third-order valence-electron chi connectivity index (χ3n) is 3.00. The van der Waals surface area contributed by atoms with Crippen LogP contribution >= 0.6 is 0 Å². The van der Waals surface area contributed by atoms with Gasteiger partial charge >= 0.3 is 0 Å². The average Bonchev–Trinajstić information content (AvgIpc) is 2.01. The Morgan fingerprint density at radius 1 is 1.57 bits per heavy atom. The minimum atomic E-state index is -0.687. The highest BCUT2D eigenvalue weighted by atomic mass is 16.2. The van der Waals surface area contributed by atoms with Crippen LogP contribution < -0.4 is 11.1 Å². The highest BCUT2D eigenvalue weighted by Gasteiger charge is 2.32. The maximum absolute atomic E-state index is 11.7. The summed E-state index contributed by atoms with van der Waals surface area (Å²) in [6.45, 7) is 6.06. The molecule has 0 aromatic rings. The second kappa shape index (κ2) is 4.30. The Bertz CT molecular complexity index is 207. The third-order valence-corrected chi connectivity index (χ3v) is 3.00. The summed E-state index contributed by atoms with van der Waals surface area (Å²) >= 11 is 0. The van der Waals surface area contributed by atoms with Gasteiger partial charge in [0.15, 0.2) is 0 Å². The summed E-state index contributed by atoms with van der Waals surface area (Å²) in [5, 5.41) is 3.01. The van der Waals surface area contributed by atoms with Crippen LogP contribution in [0.5, 0.6) is 0 Å². The van der Waals surface area contributed by atoms with Crippen LogP contribution in [0.4, 0.5) is 0 Å². The Morgan fingerprint density at radius 2 is 2.14 bits per heavy atom. The standard InChI is InChI=1S/C11H22N2O/c1-4-5-11(3,12)10(14)13-9-6-8(2)7-9/h8-9H,4-7,12H2,1-3H3,(H,13,14). The zero-order valence-electron chi connectivity index (χ0n) is 9.47. The largest absolute Gasteiger partial charge is 0.352 e. The highest BCUT2D eigenvalue weighted by molar-refractivity contribution is 5.85. The van der Waals surface area contributed by atoms with E-state index in [9.17, 15) is 4.79 Å². The van der Waals surface area contributed by atoms with Gasteiger partial charge in [-0.15, -0.1) is 0 Å². The Kier molecular flexibility index (Phi) is 3.53. The fourth-order valence-electron chi connectivity index (χ4n) is 2.00. The van der Waals surface area contributed by atoms with E-state index in [2.05, 4.69) is 12.2 Å². The number of carbonyl (C=O) groups is 1. The topological polar surface area (TPSA) is 55.1 Å². The molecule has 0 bridgehead atoms. The molecule has 3 nitrogen and oxygen atoms in total. The molecule has 0 aromatic heterocycles. The van der Waals surface area contributed by atoms with E-state index < -0.39 is 5.54 Å². The molecule has 0 spiro atoms. The highest BCUT2D eigenvalue weighted by Crippen LogP contribution is 2.26. The molecule has 1 fully saturated rings. The average molecular weight is 198 g/mol. The maximum atomic E-state index is 11.7. The van der Waals surface area contributed by atoms with Crippen LogP contribution in [-0.4, -0.2) is 17.5 Å². The lowest BCUT2D eigenvalue weighted by molar-refractivity contribution is -0.127. The number of nitrogens with two attached hydrogens (primary N) is 1. The summed E-state index contributed by atoms with van der Waals surface area (Å²) in [5.74, 6) is 0.770. The van der Waals surface area contributed by atoms with Crippen molar-refractivity contribution in [1.82, 2.24) is 5.32 Å².